The van der Waals surface area contributed by atoms with Crippen molar-refractivity contribution >= 4 is 5.91 Å². The number of aliphatic hydroxyl groups is 1. The van der Waals surface area contributed by atoms with Crippen molar-refractivity contribution in [1.82, 2.24) is 10.6 Å². The lowest BCUT2D eigenvalue weighted by Gasteiger charge is -2.27. The van der Waals surface area contributed by atoms with Crippen LogP contribution in [0.25, 0.3) is 0 Å². The number of carbonyl (C=O) groups excluding carboxylic acids is 1. The van der Waals surface area contributed by atoms with Gasteiger partial charge in [0.25, 0.3) is 5.91 Å². The fourth-order valence-electron chi connectivity index (χ4n) is 3.73. The summed E-state index contributed by atoms with van der Waals surface area (Å²) in [6.45, 7) is 16.3. The van der Waals surface area contributed by atoms with Crippen LogP contribution in [0.1, 0.15) is 97.0 Å². The van der Waals surface area contributed by atoms with Crippen molar-refractivity contribution < 1.29 is 9.90 Å². The molecule has 0 aliphatic rings. The first-order valence-electron chi connectivity index (χ1n) is 12.2. The number of aryl methyl sites for hydroxylation is 1. The van der Waals surface area contributed by atoms with Crippen molar-refractivity contribution in [3.05, 3.63) is 70.8 Å². The Bertz CT molecular complexity index is 836. The van der Waals surface area contributed by atoms with Crippen LogP contribution in [-0.4, -0.2) is 28.3 Å². The normalized spacial score (nSPS) is 14.6. The summed E-state index contributed by atoms with van der Waals surface area (Å²) in [5, 5.41) is 17.0. The van der Waals surface area contributed by atoms with Crippen LogP contribution in [0, 0.1) is 0 Å². The number of carbonyl (C=O) groups is 1. The Labute approximate surface area is 202 Å². The molecule has 1 atom stereocenters. The van der Waals surface area contributed by atoms with Gasteiger partial charge in [-0.3, -0.25) is 10.1 Å². The van der Waals surface area contributed by atoms with Crippen LogP contribution in [0.15, 0.2) is 59.7 Å². The van der Waals surface area contributed by atoms with Crippen LogP contribution in [0.3, 0.4) is 0 Å². The highest BCUT2D eigenvalue weighted by atomic mass is 16.3. The predicted molar refractivity (Wildman–Crippen MR) is 141 cm³/mol. The minimum Gasteiger partial charge on any atom is -0.375 e. The topological polar surface area (TPSA) is 61.4 Å². The fraction of sp³-hybridized carbons (Fsp3) is 0.552. The van der Waals surface area contributed by atoms with Gasteiger partial charge in [-0.25, -0.2) is 0 Å². The number of amides is 1. The van der Waals surface area contributed by atoms with Gasteiger partial charge in [0.1, 0.15) is 6.23 Å². The van der Waals surface area contributed by atoms with Crippen LogP contribution < -0.4 is 10.6 Å². The third-order valence-corrected chi connectivity index (χ3v) is 5.14. The van der Waals surface area contributed by atoms with Crippen molar-refractivity contribution in [3.8, 4) is 0 Å². The lowest BCUT2D eigenvalue weighted by Crippen LogP contribution is -2.44. The molecule has 184 valence electrons. The van der Waals surface area contributed by atoms with E-state index >= 15 is 0 Å². The molecule has 1 amide bonds. The molecule has 0 heterocycles. The molecule has 0 radical (unpaired) electrons. The van der Waals surface area contributed by atoms with Crippen molar-refractivity contribution in [2.24, 2.45) is 0 Å². The number of benzene rings is 1. The number of hydrogen-bond acceptors (Lipinski definition) is 3. The van der Waals surface area contributed by atoms with Gasteiger partial charge in [-0.2, -0.15) is 0 Å². The second kappa shape index (κ2) is 13.5. The largest absolute Gasteiger partial charge is 0.375 e. The zero-order chi connectivity index (χ0) is 25.1. The molecular formula is C29H46N2O2. The van der Waals surface area contributed by atoms with E-state index in [1.165, 1.54) is 5.57 Å². The van der Waals surface area contributed by atoms with Gasteiger partial charge in [-0.1, -0.05) is 49.4 Å². The summed E-state index contributed by atoms with van der Waals surface area (Å²) < 4.78 is 0. The molecule has 1 rings (SSSR count). The molecule has 33 heavy (non-hydrogen) atoms. The molecule has 0 aliphatic heterocycles. The Morgan fingerprint density at radius 2 is 1.67 bits per heavy atom. The molecule has 1 aromatic carbocycles. The van der Waals surface area contributed by atoms with Gasteiger partial charge in [0.15, 0.2) is 0 Å². The van der Waals surface area contributed by atoms with Gasteiger partial charge >= 0.3 is 0 Å². The third-order valence-electron chi connectivity index (χ3n) is 5.14. The van der Waals surface area contributed by atoms with Gasteiger partial charge in [-0.15, -0.1) is 0 Å². The summed E-state index contributed by atoms with van der Waals surface area (Å²) in [7, 11) is 0. The first kappa shape index (κ1) is 28.9. The van der Waals surface area contributed by atoms with Crippen LogP contribution in [-0.2, 0) is 6.42 Å². The van der Waals surface area contributed by atoms with Crippen LogP contribution in [0.4, 0.5) is 0 Å². The van der Waals surface area contributed by atoms with E-state index in [9.17, 15) is 9.90 Å². The van der Waals surface area contributed by atoms with E-state index in [1.54, 1.807) is 0 Å². The molecule has 4 heteroatoms. The summed E-state index contributed by atoms with van der Waals surface area (Å²) in [5.74, 6) is -0.0160. The molecule has 3 N–H and O–H groups in total. The predicted octanol–water partition coefficient (Wildman–Crippen LogP) is 6.47. The van der Waals surface area contributed by atoms with E-state index in [0.29, 0.717) is 0 Å². The van der Waals surface area contributed by atoms with Crippen molar-refractivity contribution in [2.75, 3.05) is 0 Å². The van der Waals surface area contributed by atoms with E-state index in [1.807, 2.05) is 58.0 Å². The van der Waals surface area contributed by atoms with Gasteiger partial charge < -0.3 is 10.4 Å². The minimum atomic E-state index is -0.638. The Balaban J connectivity index is 2.74. The first-order chi connectivity index (χ1) is 15.4. The monoisotopic (exact) mass is 454 g/mol. The van der Waals surface area contributed by atoms with Gasteiger partial charge in [-0.05, 0) is 103 Å². The quantitative estimate of drug-likeness (QED) is 0.204. The number of hydrogen-bond donors (Lipinski definition) is 3. The van der Waals surface area contributed by atoms with Crippen LogP contribution >= 0.6 is 0 Å². The third kappa shape index (κ3) is 11.5. The highest BCUT2D eigenvalue weighted by Gasteiger charge is 2.19. The summed E-state index contributed by atoms with van der Waals surface area (Å²) in [6.07, 6.45) is 12.2. The molecule has 1 aromatic rings. The summed E-state index contributed by atoms with van der Waals surface area (Å²) >= 11 is 0. The maximum Gasteiger partial charge on any atom is 0.251 e. The maximum atomic E-state index is 12.6. The van der Waals surface area contributed by atoms with Crippen LogP contribution in [0.2, 0.25) is 0 Å². The average molecular weight is 455 g/mol. The summed E-state index contributed by atoms with van der Waals surface area (Å²) in [6, 6.07) is 7.84. The molecule has 0 saturated heterocycles. The van der Waals surface area contributed by atoms with Crippen molar-refractivity contribution in [2.45, 2.75) is 105 Å². The summed E-state index contributed by atoms with van der Waals surface area (Å²) in [4.78, 5) is 12.6. The molecule has 0 fully saturated rings. The molecule has 0 saturated carbocycles. The Morgan fingerprint density at radius 3 is 2.24 bits per heavy atom. The number of rotatable bonds is 11. The standard InChI is InChI=1S/C29H46N2O2/c1-9-17-22(24(10-2)26(32)30-28(3,4)5)18-13-11-12-14-19-23-20-15-16-21-25(23)27(33)31-29(6,7)8/h9,11-12,15-17,20-21,26,30,32H,10,13-14,18-19H2,1-8H3,(H,31,33)/b12-11+,17-9-,24-22-. The van der Waals surface area contributed by atoms with E-state index in [-0.39, 0.29) is 17.0 Å². The summed E-state index contributed by atoms with van der Waals surface area (Å²) in [5.41, 5.74) is 3.67. The number of nitrogens with one attached hydrogen (secondary N) is 2. The molecule has 1 unspecified atom stereocenters. The molecule has 0 spiro atoms. The zero-order valence-corrected chi connectivity index (χ0v) is 22.1. The highest BCUT2D eigenvalue weighted by Crippen LogP contribution is 2.21. The smallest absolute Gasteiger partial charge is 0.251 e. The molecular weight excluding hydrogens is 408 g/mol. The van der Waals surface area contributed by atoms with Crippen molar-refractivity contribution in [1.29, 1.82) is 0 Å². The lowest BCUT2D eigenvalue weighted by atomic mass is 9.97. The molecule has 0 bridgehead atoms. The fourth-order valence-corrected chi connectivity index (χ4v) is 3.73. The van der Waals surface area contributed by atoms with Gasteiger partial charge in [0, 0.05) is 16.6 Å². The number of aliphatic hydroxyl groups excluding tert-OH is 1. The second-order valence-corrected chi connectivity index (χ2v) is 10.6. The van der Waals surface area contributed by atoms with Gasteiger partial charge in [0.05, 0.1) is 0 Å². The minimum absolute atomic E-state index is 0.0160. The molecule has 4 nitrogen and oxygen atoms in total. The Kier molecular flexibility index (Phi) is 11.8. The molecule has 0 aromatic heterocycles. The average Bonchev–Trinajstić information content (AvgIpc) is 2.68. The van der Waals surface area contributed by atoms with E-state index in [4.69, 9.17) is 0 Å². The Morgan fingerprint density at radius 1 is 1.03 bits per heavy atom. The zero-order valence-electron chi connectivity index (χ0n) is 22.1. The Hall–Kier alpha value is -2.17. The van der Waals surface area contributed by atoms with Crippen molar-refractivity contribution in [3.63, 3.8) is 0 Å². The maximum absolute atomic E-state index is 12.6. The SMILES string of the molecule is C/C=C\C(CC/C=C/CCc1ccccc1C(=O)NC(C)(C)C)=C(/CC)C(O)NC(C)(C)C. The van der Waals surface area contributed by atoms with E-state index in [2.05, 4.69) is 56.6 Å². The first-order valence-corrected chi connectivity index (χ1v) is 12.2. The van der Waals surface area contributed by atoms with E-state index in [0.717, 1.165) is 48.8 Å². The second-order valence-electron chi connectivity index (χ2n) is 10.6. The van der Waals surface area contributed by atoms with E-state index < -0.39 is 6.23 Å². The van der Waals surface area contributed by atoms with Gasteiger partial charge in [0.2, 0.25) is 0 Å². The molecule has 0 aliphatic carbocycles. The highest BCUT2D eigenvalue weighted by molar-refractivity contribution is 5.96. The van der Waals surface area contributed by atoms with Crippen LogP contribution in [0.5, 0.6) is 0 Å². The number of allylic oxidation sites excluding steroid dienone is 5. The lowest BCUT2D eigenvalue weighted by molar-refractivity contribution is 0.0918.